The molecule has 2 rings (SSSR count). The molecule has 0 saturated heterocycles. The van der Waals surface area contributed by atoms with E-state index in [0.29, 0.717) is 24.7 Å². The molecule has 0 aliphatic heterocycles. The molecule has 4 nitrogen and oxygen atoms in total. The van der Waals surface area contributed by atoms with Crippen LogP contribution in [0.15, 0.2) is 42.6 Å². The summed E-state index contributed by atoms with van der Waals surface area (Å²) in [4.78, 5) is 4.13. The van der Waals surface area contributed by atoms with Crippen molar-refractivity contribution in [3.63, 3.8) is 0 Å². The van der Waals surface area contributed by atoms with E-state index >= 15 is 0 Å². The lowest BCUT2D eigenvalue weighted by atomic mass is 10.1. The lowest BCUT2D eigenvalue weighted by Gasteiger charge is -2.15. The van der Waals surface area contributed by atoms with Gasteiger partial charge in [0.05, 0.1) is 18.8 Å². The van der Waals surface area contributed by atoms with Gasteiger partial charge in [0, 0.05) is 11.8 Å². The van der Waals surface area contributed by atoms with E-state index in [4.69, 9.17) is 9.47 Å². The normalized spacial score (nSPS) is 11.9. The minimum atomic E-state index is -0.512. The maximum atomic E-state index is 9.99. The predicted octanol–water partition coefficient (Wildman–Crippen LogP) is 3.11. The zero-order chi connectivity index (χ0) is 14.4. The predicted molar refractivity (Wildman–Crippen MR) is 76.8 cm³/mol. The van der Waals surface area contributed by atoms with Crippen molar-refractivity contribution in [2.75, 3.05) is 7.11 Å². The van der Waals surface area contributed by atoms with Crippen LogP contribution >= 0.6 is 0 Å². The molecular weight excluding hydrogens is 254 g/mol. The molecule has 4 heteroatoms. The number of methoxy groups -OCH3 is 1. The largest absolute Gasteiger partial charge is 0.488 e. The summed E-state index contributed by atoms with van der Waals surface area (Å²) < 4.78 is 11.0. The SMILES string of the molecule is CC[C@H](O)c1ccccc1OCc1cccnc1OC. The molecular formula is C16H19NO3. The summed E-state index contributed by atoms with van der Waals surface area (Å²) in [6.07, 6.45) is 1.82. The van der Waals surface area contributed by atoms with Gasteiger partial charge in [0.2, 0.25) is 5.88 Å². The van der Waals surface area contributed by atoms with Gasteiger partial charge in [-0.15, -0.1) is 0 Å². The van der Waals surface area contributed by atoms with Gasteiger partial charge in [0.15, 0.2) is 0 Å². The fraction of sp³-hybridized carbons (Fsp3) is 0.312. The molecule has 0 saturated carbocycles. The van der Waals surface area contributed by atoms with Crippen molar-refractivity contribution in [1.82, 2.24) is 4.98 Å². The van der Waals surface area contributed by atoms with Crippen molar-refractivity contribution in [3.8, 4) is 11.6 Å². The Morgan fingerprint density at radius 1 is 1.20 bits per heavy atom. The minimum absolute atomic E-state index is 0.352. The summed E-state index contributed by atoms with van der Waals surface area (Å²) in [5, 5.41) is 9.99. The second-order valence-electron chi connectivity index (χ2n) is 4.42. The number of aliphatic hydroxyl groups is 1. The summed E-state index contributed by atoms with van der Waals surface area (Å²) >= 11 is 0. The van der Waals surface area contributed by atoms with Crippen LogP contribution in [-0.4, -0.2) is 17.2 Å². The summed E-state index contributed by atoms with van der Waals surface area (Å²) in [5.41, 5.74) is 1.67. The lowest BCUT2D eigenvalue weighted by Crippen LogP contribution is -2.04. The molecule has 0 fully saturated rings. The standard InChI is InChI=1S/C16H19NO3/c1-3-14(18)13-8-4-5-9-15(13)20-11-12-7-6-10-17-16(12)19-2/h4-10,14,18H,3,11H2,1-2H3/t14-/m0/s1. The molecule has 1 aromatic carbocycles. The van der Waals surface area contributed by atoms with Crippen molar-refractivity contribution in [1.29, 1.82) is 0 Å². The molecule has 1 N–H and O–H groups in total. The third-order valence-electron chi connectivity index (χ3n) is 3.09. The highest BCUT2D eigenvalue weighted by Gasteiger charge is 2.12. The molecule has 0 spiro atoms. The monoisotopic (exact) mass is 273 g/mol. The number of rotatable bonds is 6. The van der Waals surface area contributed by atoms with Crippen LogP contribution in [0.2, 0.25) is 0 Å². The molecule has 0 unspecified atom stereocenters. The maximum absolute atomic E-state index is 9.99. The maximum Gasteiger partial charge on any atom is 0.219 e. The summed E-state index contributed by atoms with van der Waals surface area (Å²) in [6.45, 7) is 2.29. The molecule has 20 heavy (non-hydrogen) atoms. The molecule has 1 aromatic heterocycles. The van der Waals surface area contributed by atoms with Crippen LogP contribution in [0.25, 0.3) is 0 Å². The first-order valence-electron chi connectivity index (χ1n) is 6.64. The lowest BCUT2D eigenvalue weighted by molar-refractivity contribution is 0.166. The Bertz CT molecular complexity index is 557. The van der Waals surface area contributed by atoms with Crippen molar-refractivity contribution in [2.45, 2.75) is 26.1 Å². The van der Waals surface area contributed by atoms with Gasteiger partial charge in [-0.25, -0.2) is 4.98 Å². The van der Waals surface area contributed by atoms with Crippen LogP contribution in [0.1, 0.15) is 30.6 Å². The topological polar surface area (TPSA) is 51.6 Å². The zero-order valence-corrected chi connectivity index (χ0v) is 11.7. The van der Waals surface area contributed by atoms with Crippen molar-refractivity contribution in [2.24, 2.45) is 0 Å². The number of pyridine rings is 1. The van der Waals surface area contributed by atoms with Crippen LogP contribution < -0.4 is 9.47 Å². The molecule has 1 heterocycles. The highest BCUT2D eigenvalue weighted by Crippen LogP contribution is 2.28. The van der Waals surface area contributed by atoms with Crippen molar-refractivity contribution < 1.29 is 14.6 Å². The van der Waals surface area contributed by atoms with Crippen LogP contribution in [0.4, 0.5) is 0 Å². The number of benzene rings is 1. The fourth-order valence-corrected chi connectivity index (χ4v) is 1.98. The van der Waals surface area contributed by atoms with Gasteiger partial charge in [0.25, 0.3) is 0 Å². The van der Waals surface area contributed by atoms with E-state index in [1.807, 2.05) is 43.3 Å². The van der Waals surface area contributed by atoms with Gasteiger partial charge in [0.1, 0.15) is 12.4 Å². The Morgan fingerprint density at radius 3 is 2.75 bits per heavy atom. The molecule has 0 aliphatic rings. The first-order chi connectivity index (χ1) is 9.76. The van der Waals surface area contributed by atoms with Crippen LogP contribution in [0.3, 0.4) is 0 Å². The van der Waals surface area contributed by atoms with Gasteiger partial charge in [-0.2, -0.15) is 0 Å². The second kappa shape index (κ2) is 6.91. The van der Waals surface area contributed by atoms with E-state index in [-0.39, 0.29) is 0 Å². The number of ether oxygens (including phenoxy) is 2. The van der Waals surface area contributed by atoms with Crippen molar-refractivity contribution in [3.05, 3.63) is 53.7 Å². The number of hydrogen-bond donors (Lipinski definition) is 1. The molecule has 0 aliphatic carbocycles. The Balaban J connectivity index is 2.15. The third-order valence-corrected chi connectivity index (χ3v) is 3.09. The van der Waals surface area contributed by atoms with E-state index < -0.39 is 6.10 Å². The van der Waals surface area contributed by atoms with E-state index in [2.05, 4.69) is 4.98 Å². The van der Waals surface area contributed by atoms with E-state index in [1.165, 1.54) is 0 Å². The van der Waals surface area contributed by atoms with Gasteiger partial charge >= 0.3 is 0 Å². The van der Waals surface area contributed by atoms with Crippen molar-refractivity contribution >= 4 is 0 Å². The first kappa shape index (κ1) is 14.3. The van der Waals surface area contributed by atoms with E-state index in [1.54, 1.807) is 13.3 Å². The van der Waals surface area contributed by atoms with E-state index in [9.17, 15) is 5.11 Å². The minimum Gasteiger partial charge on any atom is -0.488 e. The number of aromatic nitrogens is 1. The Hall–Kier alpha value is -2.07. The Morgan fingerprint density at radius 2 is 2.00 bits per heavy atom. The average molecular weight is 273 g/mol. The molecule has 0 bridgehead atoms. The average Bonchev–Trinajstić information content (AvgIpc) is 2.52. The number of hydrogen-bond acceptors (Lipinski definition) is 4. The van der Waals surface area contributed by atoms with Crippen LogP contribution in [-0.2, 0) is 6.61 Å². The Labute approximate surface area is 119 Å². The molecule has 0 amide bonds. The van der Waals surface area contributed by atoms with E-state index in [0.717, 1.165) is 11.1 Å². The summed E-state index contributed by atoms with van der Waals surface area (Å²) in [7, 11) is 1.58. The smallest absolute Gasteiger partial charge is 0.219 e. The number of para-hydroxylation sites is 1. The summed E-state index contributed by atoms with van der Waals surface area (Å²) in [6, 6.07) is 11.3. The number of aliphatic hydroxyl groups excluding tert-OH is 1. The second-order valence-corrected chi connectivity index (χ2v) is 4.42. The van der Waals surface area contributed by atoms with Gasteiger partial charge in [-0.05, 0) is 24.6 Å². The highest BCUT2D eigenvalue weighted by atomic mass is 16.5. The first-order valence-corrected chi connectivity index (χ1v) is 6.64. The summed E-state index contributed by atoms with van der Waals surface area (Å²) in [5.74, 6) is 1.24. The quantitative estimate of drug-likeness (QED) is 0.878. The highest BCUT2D eigenvalue weighted by molar-refractivity contribution is 5.35. The molecule has 2 aromatic rings. The molecule has 106 valence electrons. The molecule has 0 radical (unpaired) electrons. The van der Waals surface area contributed by atoms with Gasteiger partial charge < -0.3 is 14.6 Å². The van der Waals surface area contributed by atoms with Crippen LogP contribution in [0, 0.1) is 0 Å². The fourth-order valence-electron chi connectivity index (χ4n) is 1.98. The Kier molecular flexibility index (Phi) is 4.96. The number of nitrogens with zero attached hydrogens (tertiary/aromatic N) is 1. The van der Waals surface area contributed by atoms with Gasteiger partial charge in [-0.1, -0.05) is 25.1 Å². The third kappa shape index (κ3) is 3.27. The molecule has 1 atom stereocenters. The zero-order valence-electron chi connectivity index (χ0n) is 11.7. The van der Waals surface area contributed by atoms with Gasteiger partial charge in [-0.3, -0.25) is 0 Å². The van der Waals surface area contributed by atoms with Crippen LogP contribution in [0.5, 0.6) is 11.6 Å².